The number of H-pyrrole nitrogens is 1. The Bertz CT molecular complexity index is 336. The largest absolute Gasteiger partial charge is 0.303 e. The minimum atomic E-state index is 0.812. The summed E-state index contributed by atoms with van der Waals surface area (Å²) >= 11 is 2.09. The molecule has 1 aliphatic rings. The van der Waals surface area contributed by atoms with E-state index in [1.807, 2.05) is 0 Å². The predicted molar refractivity (Wildman–Crippen MR) is 74.7 cm³/mol. The van der Waals surface area contributed by atoms with Gasteiger partial charge in [-0.1, -0.05) is 0 Å². The first-order chi connectivity index (χ1) is 8.18. The molecule has 0 unspecified atom stereocenters. The Balaban J connectivity index is 1.75. The van der Waals surface area contributed by atoms with Gasteiger partial charge in [0.1, 0.15) is 0 Å². The number of hydrogen-bond donors (Lipinski definition) is 1. The molecule has 1 saturated heterocycles. The molecule has 1 aliphatic heterocycles. The van der Waals surface area contributed by atoms with Crippen LogP contribution in [0.5, 0.6) is 0 Å². The molecule has 1 N–H and O–H groups in total. The van der Waals surface area contributed by atoms with Crippen molar-refractivity contribution in [2.75, 3.05) is 25.1 Å². The third-order valence-corrected chi connectivity index (χ3v) is 4.89. The number of nitrogens with zero attached hydrogens (tertiary/aromatic N) is 2. The minimum Gasteiger partial charge on any atom is -0.303 e. The van der Waals surface area contributed by atoms with Crippen molar-refractivity contribution in [1.29, 1.82) is 0 Å². The van der Waals surface area contributed by atoms with E-state index in [0.29, 0.717) is 0 Å². The standard InChI is InChI=1S/C13H23N3S/c1-10-13(11(2)15-14-10)5-4-7-16(3)12-6-8-17-9-12/h12H,4-9H2,1-3H3,(H,14,15)/t12-/m0/s1. The van der Waals surface area contributed by atoms with E-state index in [-0.39, 0.29) is 0 Å². The summed E-state index contributed by atoms with van der Waals surface area (Å²) in [5.41, 5.74) is 3.82. The lowest BCUT2D eigenvalue weighted by Gasteiger charge is -2.23. The summed E-state index contributed by atoms with van der Waals surface area (Å²) in [6.07, 6.45) is 3.75. The molecule has 0 aliphatic carbocycles. The van der Waals surface area contributed by atoms with Gasteiger partial charge in [0.25, 0.3) is 0 Å². The second-order valence-corrected chi connectivity index (χ2v) is 6.16. The van der Waals surface area contributed by atoms with Crippen LogP contribution < -0.4 is 0 Å². The molecule has 3 nitrogen and oxygen atoms in total. The molecule has 17 heavy (non-hydrogen) atoms. The summed E-state index contributed by atoms with van der Waals surface area (Å²) in [5, 5.41) is 7.31. The summed E-state index contributed by atoms with van der Waals surface area (Å²) in [4.78, 5) is 2.53. The van der Waals surface area contributed by atoms with Crippen LogP contribution in [0.2, 0.25) is 0 Å². The highest BCUT2D eigenvalue weighted by molar-refractivity contribution is 7.99. The summed E-state index contributed by atoms with van der Waals surface area (Å²) in [5.74, 6) is 2.66. The number of hydrogen-bond acceptors (Lipinski definition) is 3. The molecule has 0 saturated carbocycles. The number of nitrogens with one attached hydrogen (secondary N) is 1. The van der Waals surface area contributed by atoms with Gasteiger partial charge in [0.15, 0.2) is 0 Å². The molecule has 4 heteroatoms. The molecule has 0 aromatic carbocycles. The first-order valence-corrected chi connectivity index (χ1v) is 7.62. The van der Waals surface area contributed by atoms with E-state index >= 15 is 0 Å². The SMILES string of the molecule is Cc1n[nH]c(C)c1CCCN(C)[C@H]1CCSC1. The molecule has 0 amide bonds. The van der Waals surface area contributed by atoms with Gasteiger partial charge < -0.3 is 4.90 Å². The smallest absolute Gasteiger partial charge is 0.0625 e. The van der Waals surface area contributed by atoms with Crippen LogP contribution in [-0.4, -0.2) is 46.2 Å². The first-order valence-electron chi connectivity index (χ1n) is 6.47. The molecule has 96 valence electrons. The third kappa shape index (κ3) is 3.26. The van der Waals surface area contributed by atoms with Crippen molar-refractivity contribution in [3.8, 4) is 0 Å². The molecule has 1 fully saturated rings. The zero-order chi connectivity index (χ0) is 12.3. The number of aromatic nitrogens is 2. The van der Waals surface area contributed by atoms with E-state index in [1.165, 1.54) is 47.8 Å². The summed E-state index contributed by atoms with van der Waals surface area (Å²) in [6, 6.07) is 0.812. The highest BCUT2D eigenvalue weighted by atomic mass is 32.2. The Morgan fingerprint density at radius 3 is 2.88 bits per heavy atom. The van der Waals surface area contributed by atoms with E-state index in [2.05, 4.69) is 47.8 Å². The van der Waals surface area contributed by atoms with Crippen LogP contribution in [0.1, 0.15) is 29.8 Å². The van der Waals surface area contributed by atoms with Crippen LogP contribution in [0, 0.1) is 13.8 Å². The highest BCUT2D eigenvalue weighted by Gasteiger charge is 2.19. The zero-order valence-electron chi connectivity index (χ0n) is 11.1. The second-order valence-electron chi connectivity index (χ2n) is 5.01. The molecule has 1 aromatic heterocycles. The topological polar surface area (TPSA) is 31.9 Å². The van der Waals surface area contributed by atoms with Gasteiger partial charge in [0.2, 0.25) is 0 Å². The predicted octanol–water partition coefficient (Wildman–Crippen LogP) is 2.40. The summed E-state index contributed by atoms with van der Waals surface area (Å²) in [7, 11) is 2.27. The zero-order valence-corrected chi connectivity index (χ0v) is 11.9. The number of thioether (sulfide) groups is 1. The highest BCUT2D eigenvalue weighted by Crippen LogP contribution is 2.21. The average molecular weight is 253 g/mol. The molecule has 1 atom stereocenters. The fourth-order valence-corrected chi connectivity index (χ4v) is 3.80. The van der Waals surface area contributed by atoms with Gasteiger partial charge in [0, 0.05) is 17.5 Å². The van der Waals surface area contributed by atoms with Gasteiger partial charge >= 0.3 is 0 Å². The fraction of sp³-hybridized carbons (Fsp3) is 0.769. The van der Waals surface area contributed by atoms with Gasteiger partial charge in [0.05, 0.1) is 5.69 Å². The van der Waals surface area contributed by atoms with Gasteiger partial charge in [-0.15, -0.1) is 0 Å². The van der Waals surface area contributed by atoms with Crippen molar-refractivity contribution < 1.29 is 0 Å². The van der Waals surface area contributed by atoms with Crippen molar-refractivity contribution >= 4 is 11.8 Å². The van der Waals surface area contributed by atoms with Crippen LogP contribution in [0.3, 0.4) is 0 Å². The lowest BCUT2D eigenvalue weighted by atomic mass is 10.1. The van der Waals surface area contributed by atoms with E-state index in [1.54, 1.807) is 0 Å². The van der Waals surface area contributed by atoms with Crippen LogP contribution in [0.4, 0.5) is 0 Å². The second kappa shape index (κ2) is 5.91. The number of aryl methyl sites for hydroxylation is 2. The Hall–Kier alpha value is -0.480. The lowest BCUT2D eigenvalue weighted by Crippen LogP contribution is -2.32. The van der Waals surface area contributed by atoms with Crippen LogP contribution in [0.25, 0.3) is 0 Å². The van der Waals surface area contributed by atoms with E-state index in [9.17, 15) is 0 Å². The fourth-order valence-electron chi connectivity index (χ4n) is 2.50. The van der Waals surface area contributed by atoms with Crippen LogP contribution in [0.15, 0.2) is 0 Å². The Labute approximate surface area is 108 Å². The lowest BCUT2D eigenvalue weighted by molar-refractivity contribution is 0.259. The third-order valence-electron chi connectivity index (χ3n) is 3.75. The minimum absolute atomic E-state index is 0.812. The van der Waals surface area contributed by atoms with Crippen LogP contribution >= 0.6 is 11.8 Å². The van der Waals surface area contributed by atoms with Gasteiger partial charge in [-0.05, 0) is 58.0 Å². The van der Waals surface area contributed by atoms with Crippen molar-refractivity contribution in [3.63, 3.8) is 0 Å². The molecule has 1 aromatic rings. The first kappa shape index (κ1) is 13.0. The van der Waals surface area contributed by atoms with Crippen LogP contribution in [-0.2, 0) is 6.42 Å². The Kier molecular flexibility index (Phi) is 4.51. The normalized spacial score (nSPS) is 20.4. The summed E-state index contributed by atoms with van der Waals surface area (Å²) < 4.78 is 0. The molecular formula is C13H23N3S. The monoisotopic (exact) mass is 253 g/mol. The van der Waals surface area contributed by atoms with Crippen molar-refractivity contribution in [2.24, 2.45) is 0 Å². The number of rotatable bonds is 5. The average Bonchev–Trinajstić information content (AvgIpc) is 2.93. The van der Waals surface area contributed by atoms with Gasteiger partial charge in [-0.3, -0.25) is 5.10 Å². The Morgan fingerprint density at radius 1 is 1.47 bits per heavy atom. The van der Waals surface area contributed by atoms with Gasteiger partial charge in [-0.2, -0.15) is 16.9 Å². The molecule has 0 bridgehead atoms. The van der Waals surface area contributed by atoms with E-state index in [0.717, 1.165) is 12.5 Å². The molecule has 0 radical (unpaired) electrons. The quantitative estimate of drug-likeness (QED) is 0.874. The maximum absolute atomic E-state index is 4.25. The van der Waals surface area contributed by atoms with E-state index < -0.39 is 0 Å². The maximum atomic E-state index is 4.25. The molecule has 2 rings (SSSR count). The summed E-state index contributed by atoms with van der Waals surface area (Å²) in [6.45, 7) is 5.41. The van der Waals surface area contributed by atoms with Crippen molar-refractivity contribution in [3.05, 3.63) is 17.0 Å². The van der Waals surface area contributed by atoms with Crippen molar-refractivity contribution in [1.82, 2.24) is 15.1 Å². The molecule has 0 spiro atoms. The number of aromatic amines is 1. The Morgan fingerprint density at radius 2 is 2.29 bits per heavy atom. The molecule has 2 heterocycles. The van der Waals surface area contributed by atoms with Crippen molar-refractivity contribution in [2.45, 2.75) is 39.2 Å². The molecular weight excluding hydrogens is 230 g/mol. The van der Waals surface area contributed by atoms with Gasteiger partial charge in [-0.25, -0.2) is 0 Å². The maximum Gasteiger partial charge on any atom is 0.0625 e. The van der Waals surface area contributed by atoms with E-state index in [4.69, 9.17) is 0 Å².